The number of carbonyl (C=O) groups is 1. The highest BCUT2D eigenvalue weighted by Gasteiger charge is 2.09. The summed E-state index contributed by atoms with van der Waals surface area (Å²) in [4.78, 5) is 14.1. The van der Waals surface area contributed by atoms with Crippen LogP contribution in [0.25, 0.3) is 0 Å². The second-order valence-electron chi connectivity index (χ2n) is 5.36. The van der Waals surface area contributed by atoms with Gasteiger partial charge in [0.2, 0.25) is 5.91 Å². The second-order valence-corrected chi connectivity index (χ2v) is 5.36. The van der Waals surface area contributed by atoms with E-state index in [2.05, 4.69) is 15.5 Å². The Morgan fingerprint density at radius 2 is 2.14 bits per heavy atom. The number of nitrogens with one attached hydrogen (secondary N) is 2. The van der Waals surface area contributed by atoms with Gasteiger partial charge in [0.1, 0.15) is 5.75 Å². The summed E-state index contributed by atoms with van der Waals surface area (Å²) in [5.74, 6) is 0.876. The molecule has 1 heterocycles. The lowest BCUT2D eigenvalue weighted by Gasteiger charge is -2.27. The molecule has 124 valence electrons. The largest absolute Gasteiger partial charge is 0.493 e. The van der Waals surface area contributed by atoms with Crippen LogP contribution in [-0.4, -0.2) is 56.7 Å². The number of halogens is 1. The van der Waals surface area contributed by atoms with Gasteiger partial charge in [0, 0.05) is 39.3 Å². The lowest BCUT2D eigenvalue weighted by atomic mass is 10.2. The number of carbonyl (C=O) groups excluding carboxylic acids is 1. The lowest BCUT2D eigenvalue weighted by molar-refractivity contribution is -0.121. The SMILES string of the molecule is Cc1cccc(OCCC(=O)NCCN2CCNCC2)c1.Cl. The van der Waals surface area contributed by atoms with E-state index in [4.69, 9.17) is 4.74 Å². The van der Waals surface area contributed by atoms with Gasteiger partial charge in [0.15, 0.2) is 0 Å². The standard InChI is InChI=1S/C16H25N3O2.ClH/c1-14-3-2-4-15(13-14)21-12-5-16(20)18-8-11-19-9-6-17-7-10-19;/h2-4,13,17H,5-12H2,1H3,(H,18,20);1H. The van der Waals surface area contributed by atoms with Crippen LogP contribution in [-0.2, 0) is 4.79 Å². The zero-order valence-electron chi connectivity index (χ0n) is 13.1. The Hall–Kier alpha value is -1.30. The first-order valence-electron chi connectivity index (χ1n) is 7.63. The summed E-state index contributed by atoms with van der Waals surface area (Å²) in [6.07, 6.45) is 0.398. The molecule has 1 saturated heterocycles. The number of rotatable bonds is 7. The van der Waals surface area contributed by atoms with Crippen LogP contribution in [0.15, 0.2) is 24.3 Å². The van der Waals surface area contributed by atoms with Gasteiger partial charge in [-0.3, -0.25) is 9.69 Å². The van der Waals surface area contributed by atoms with E-state index in [1.165, 1.54) is 0 Å². The minimum atomic E-state index is 0. The molecule has 1 aliphatic rings. The fourth-order valence-electron chi connectivity index (χ4n) is 2.34. The number of amides is 1. The van der Waals surface area contributed by atoms with Crippen LogP contribution >= 0.6 is 12.4 Å². The molecule has 0 bridgehead atoms. The summed E-state index contributed by atoms with van der Waals surface area (Å²) in [7, 11) is 0. The molecule has 0 spiro atoms. The van der Waals surface area contributed by atoms with E-state index in [9.17, 15) is 4.79 Å². The van der Waals surface area contributed by atoms with Crippen molar-refractivity contribution < 1.29 is 9.53 Å². The van der Waals surface area contributed by atoms with Crippen molar-refractivity contribution in [1.29, 1.82) is 0 Å². The summed E-state index contributed by atoms with van der Waals surface area (Å²) >= 11 is 0. The predicted octanol–water partition coefficient (Wildman–Crippen LogP) is 1.21. The van der Waals surface area contributed by atoms with Gasteiger partial charge < -0.3 is 15.4 Å². The van der Waals surface area contributed by atoms with Gasteiger partial charge >= 0.3 is 0 Å². The molecule has 1 aliphatic heterocycles. The average Bonchev–Trinajstić information content (AvgIpc) is 2.48. The molecule has 22 heavy (non-hydrogen) atoms. The minimum Gasteiger partial charge on any atom is -0.493 e. The van der Waals surface area contributed by atoms with Crippen molar-refractivity contribution in [3.05, 3.63) is 29.8 Å². The topological polar surface area (TPSA) is 53.6 Å². The summed E-state index contributed by atoms with van der Waals surface area (Å²) in [6, 6.07) is 7.87. The van der Waals surface area contributed by atoms with Gasteiger partial charge in [0.25, 0.3) is 0 Å². The number of ether oxygens (including phenoxy) is 1. The third-order valence-electron chi connectivity index (χ3n) is 3.55. The minimum absolute atomic E-state index is 0. The Morgan fingerprint density at radius 1 is 1.36 bits per heavy atom. The molecular weight excluding hydrogens is 302 g/mol. The fraction of sp³-hybridized carbons (Fsp3) is 0.562. The van der Waals surface area contributed by atoms with E-state index >= 15 is 0 Å². The molecule has 1 aromatic rings. The first kappa shape index (κ1) is 18.7. The van der Waals surface area contributed by atoms with Gasteiger partial charge in [-0.05, 0) is 24.6 Å². The Morgan fingerprint density at radius 3 is 2.86 bits per heavy atom. The van der Waals surface area contributed by atoms with E-state index in [1.54, 1.807) is 0 Å². The van der Waals surface area contributed by atoms with E-state index in [0.29, 0.717) is 19.6 Å². The molecule has 2 N–H and O–H groups in total. The summed E-state index contributed by atoms with van der Waals surface area (Å²) in [5, 5.41) is 6.26. The zero-order chi connectivity index (χ0) is 14.9. The normalized spacial score (nSPS) is 15.0. The molecule has 1 amide bonds. The molecule has 2 rings (SSSR count). The maximum atomic E-state index is 11.7. The van der Waals surface area contributed by atoms with Crippen molar-refractivity contribution in [2.24, 2.45) is 0 Å². The smallest absolute Gasteiger partial charge is 0.223 e. The van der Waals surface area contributed by atoms with Crippen LogP contribution in [0.1, 0.15) is 12.0 Å². The van der Waals surface area contributed by atoms with Gasteiger partial charge in [-0.1, -0.05) is 12.1 Å². The van der Waals surface area contributed by atoms with Crippen LogP contribution in [0.3, 0.4) is 0 Å². The lowest BCUT2D eigenvalue weighted by Crippen LogP contribution is -2.46. The maximum Gasteiger partial charge on any atom is 0.223 e. The number of benzene rings is 1. The van der Waals surface area contributed by atoms with Crippen molar-refractivity contribution in [2.45, 2.75) is 13.3 Å². The van der Waals surface area contributed by atoms with E-state index in [1.807, 2.05) is 31.2 Å². The van der Waals surface area contributed by atoms with Crippen LogP contribution in [0.4, 0.5) is 0 Å². The van der Waals surface area contributed by atoms with Crippen molar-refractivity contribution in [3.8, 4) is 5.75 Å². The highest BCUT2D eigenvalue weighted by molar-refractivity contribution is 5.85. The van der Waals surface area contributed by atoms with Gasteiger partial charge in [-0.15, -0.1) is 12.4 Å². The molecule has 0 aromatic heterocycles. The van der Waals surface area contributed by atoms with Gasteiger partial charge in [-0.2, -0.15) is 0 Å². The van der Waals surface area contributed by atoms with Crippen LogP contribution < -0.4 is 15.4 Å². The molecule has 1 aromatic carbocycles. The zero-order valence-corrected chi connectivity index (χ0v) is 14.0. The monoisotopic (exact) mass is 327 g/mol. The quantitative estimate of drug-likeness (QED) is 0.790. The van der Waals surface area contributed by atoms with Crippen molar-refractivity contribution in [2.75, 3.05) is 45.9 Å². The Bertz CT molecular complexity index is 451. The molecule has 0 unspecified atom stereocenters. The number of aryl methyl sites for hydroxylation is 1. The molecule has 0 radical (unpaired) electrons. The molecule has 5 nitrogen and oxygen atoms in total. The van der Waals surface area contributed by atoms with Gasteiger partial charge in [0.05, 0.1) is 13.0 Å². The molecule has 1 fully saturated rings. The van der Waals surface area contributed by atoms with Crippen molar-refractivity contribution >= 4 is 18.3 Å². The first-order chi connectivity index (χ1) is 10.2. The van der Waals surface area contributed by atoms with Crippen molar-refractivity contribution in [1.82, 2.24) is 15.5 Å². The van der Waals surface area contributed by atoms with Crippen molar-refractivity contribution in [3.63, 3.8) is 0 Å². The summed E-state index contributed by atoms with van der Waals surface area (Å²) < 4.78 is 5.57. The molecule has 0 saturated carbocycles. The van der Waals surface area contributed by atoms with Crippen LogP contribution in [0.2, 0.25) is 0 Å². The van der Waals surface area contributed by atoms with E-state index < -0.39 is 0 Å². The molecule has 6 heteroatoms. The predicted molar refractivity (Wildman–Crippen MR) is 90.9 cm³/mol. The second kappa shape index (κ2) is 10.4. The highest BCUT2D eigenvalue weighted by Crippen LogP contribution is 2.12. The van der Waals surface area contributed by atoms with E-state index in [-0.39, 0.29) is 18.3 Å². The van der Waals surface area contributed by atoms with Crippen LogP contribution in [0, 0.1) is 6.92 Å². The Kier molecular flexibility index (Phi) is 8.89. The number of hydrogen-bond donors (Lipinski definition) is 2. The molecule has 0 atom stereocenters. The summed E-state index contributed by atoms with van der Waals surface area (Å²) in [6.45, 7) is 8.28. The van der Waals surface area contributed by atoms with Gasteiger partial charge in [-0.25, -0.2) is 0 Å². The first-order valence-corrected chi connectivity index (χ1v) is 7.63. The average molecular weight is 328 g/mol. The molecule has 0 aliphatic carbocycles. The maximum absolute atomic E-state index is 11.7. The number of piperazine rings is 1. The molecular formula is C16H26ClN3O2. The Labute approximate surface area is 138 Å². The number of nitrogens with zero attached hydrogens (tertiary/aromatic N) is 1. The van der Waals surface area contributed by atoms with E-state index in [0.717, 1.165) is 44.0 Å². The highest BCUT2D eigenvalue weighted by atomic mass is 35.5. The summed E-state index contributed by atoms with van der Waals surface area (Å²) in [5.41, 5.74) is 1.16. The Balaban J connectivity index is 0.00000242. The van der Waals surface area contributed by atoms with Crippen LogP contribution in [0.5, 0.6) is 5.75 Å². The number of hydrogen-bond acceptors (Lipinski definition) is 4. The third-order valence-corrected chi connectivity index (χ3v) is 3.55. The fourth-order valence-corrected chi connectivity index (χ4v) is 2.34. The third kappa shape index (κ3) is 7.11.